The lowest BCUT2D eigenvalue weighted by Crippen LogP contribution is -2.48. The largest absolute Gasteiger partial charge is 0.375 e. The summed E-state index contributed by atoms with van der Waals surface area (Å²) in [7, 11) is 0. The number of nitrogens with zero attached hydrogens (tertiary/aromatic N) is 1. The fourth-order valence-corrected chi connectivity index (χ4v) is 2.52. The molecule has 1 aliphatic carbocycles. The Morgan fingerprint density at radius 3 is 2.88 bits per heavy atom. The van der Waals surface area contributed by atoms with E-state index >= 15 is 0 Å². The number of carbonyl (C=O) groups excluding carboxylic acids is 1. The third kappa shape index (κ3) is 3.19. The highest BCUT2D eigenvalue weighted by atomic mass is 16.5. The molecule has 1 heterocycles. The first kappa shape index (κ1) is 11.9. The van der Waals surface area contributed by atoms with Gasteiger partial charge in [0.15, 0.2) is 0 Å². The van der Waals surface area contributed by atoms with E-state index < -0.39 is 0 Å². The molecule has 0 spiro atoms. The van der Waals surface area contributed by atoms with E-state index in [2.05, 4.69) is 5.32 Å². The highest BCUT2D eigenvalue weighted by molar-refractivity contribution is 5.78. The third-order valence-corrected chi connectivity index (χ3v) is 3.49. The maximum absolute atomic E-state index is 11.9. The number of hydrogen-bond donors (Lipinski definition) is 1. The van der Waals surface area contributed by atoms with E-state index in [1.54, 1.807) is 0 Å². The minimum Gasteiger partial charge on any atom is -0.375 e. The normalized spacial score (nSPS) is 27.3. The highest BCUT2D eigenvalue weighted by Crippen LogP contribution is 2.17. The Kier molecular flexibility index (Phi) is 4.18. The summed E-state index contributed by atoms with van der Waals surface area (Å²) in [6.45, 7) is 4.68. The van der Waals surface area contributed by atoms with Crippen molar-refractivity contribution in [2.24, 2.45) is 0 Å². The van der Waals surface area contributed by atoms with Crippen LogP contribution in [0.3, 0.4) is 0 Å². The number of carbonyl (C=O) groups is 1. The van der Waals surface area contributed by atoms with Crippen molar-refractivity contribution in [3.63, 3.8) is 0 Å². The number of rotatable bonds is 3. The van der Waals surface area contributed by atoms with Crippen molar-refractivity contribution < 1.29 is 9.53 Å². The SMILES string of the molecule is CC1CN(C(=O)CNC2CCCC2)CCO1. The molecular formula is C12H22N2O2. The molecule has 0 aromatic carbocycles. The molecular weight excluding hydrogens is 204 g/mol. The molecule has 1 unspecified atom stereocenters. The Bertz CT molecular complexity index is 239. The lowest BCUT2D eigenvalue weighted by Gasteiger charge is -2.31. The molecule has 1 saturated carbocycles. The van der Waals surface area contributed by atoms with E-state index in [1.165, 1.54) is 25.7 Å². The number of hydrogen-bond acceptors (Lipinski definition) is 3. The van der Waals surface area contributed by atoms with Crippen molar-refractivity contribution in [3.05, 3.63) is 0 Å². The maximum Gasteiger partial charge on any atom is 0.236 e. The number of amides is 1. The number of nitrogens with one attached hydrogen (secondary N) is 1. The van der Waals surface area contributed by atoms with Gasteiger partial charge in [0.05, 0.1) is 19.3 Å². The van der Waals surface area contributed by atoms with E-state index in [0.717, 1.165) is 13.1 Å². The molecule has 0 bridgehead atoms. The van der Waals surface area contributed by atoms with Crippen LogP contribution < -0.4 is 5.32 Å². The van der Waals surface area contributed by atoms with Gasteiger partial charge in [-0.2, -0.15) is 0 Å². The lowest BCUT2D eigenvalue weighted by molar-refractivity contribution is -0.137. The van der Waals surface area contributed by atoms with Crippen molar-refractivity contribution in [1.29, 1.82) is 0 Å². The smallest absolute Gasteiger partial charge is 0.236 e. The molecule has 0 radical (unpaired) electrons. The van der Waals surface area contributed by atoms with Gasteiger partial charge in [0.1, 0.15) is 0 Å². The van der Waals surface area contributed by atoms with Crippen LogP contribution in [-0.4, -0.2) is 49.2 Å². The molecule has 2 fully saturated rings. The summed E-state index contributed by atoms with van der Waals surface area (Å²) in [4.78, 5) is 13.8. The summed E-state index contributed by atoms with van der Waals surface area (Å²) in [6, 6.07) is 0.572. The number of morpholine rings is 1. The minimum absolute atomic E-state index is 0.184. The van der Waals surface area contributed by atoms with E-state index in [4.69, 9.17) is 4.74 Å². The number of ether oxygens (including phenoxy) is 1. The molecule has 4 nitrogen and oxygen atoms in total. The molecule has 16 heavy (non-hydrogen) atoms. The maximum atomic E-state index is 11.9. The van der Waals surface area contributed by atoms with Gasteiger partial charge in [-0.15, -0.1) is 0 Å². The van der Waals surface area contributed by atoms with Crippen LogP contribution in [0.5, 0.6) is 0 Å². The van der Waals surface area contributed by atoms with Gasteiger partial charge in [0.2, 0.25) is 5.91 Å². The predicted octanol–water partition coefficient (Wildman–Crippen LogP) is 0.766. The first-order valence-corrected chi connectivity index (χ1v) is 6.38. The van der Waals surface area contributed by atoms with E-state index in [1.807, 2.05) is 11.8 Å². The van der Waals surface area contributed by atoms with Crippen LogP contribution in [0.25, 0.3) is 0 Å². The van der Waals surface area contributed by atoms with Crippen LogP contribution in [0.1, 0.15) is 32.6 Å². The van der Waals surface area contributed by atoms with Crippen molar-refractivity contribution in [1.82, 2.24) is 10.2 Å². The Hall–Kier alpha value is -0.610. The van der Waals surface area contributed by atoms with Crippen molar-refractivity contribution in [3.8, 4) is 0 Å². The molecule has 1 atom stereocenters. The second-order valence-electron chi connectivity index (χ2n) is 4.88. The second-order valence-corrected chi connectivity index (χ2v) is 4.88. The standard InChI is InChI=1S/C12H22N2O2/c1-10-9-14(6-7-16-10)12(15)8-13-11-4-2-3-5-11/h10-11,13H,2-9H2,1H3. The molecule has 1 aliphatic heterocycles. The average molecular weight is 226 g/mol. The topological polar surface area (TPSA) is 41.6 Å². The van der Waals surface area contributed by atoms with Crippen LogP contribution in [-0.2, 0) is 9.53 Å². The first-order chi connectivity index (χ1) is 7.75. The van der Waals surface area contributed by atoms with Crippen LogP contribution in [0.4, 0.5) is 0 Å². The molecule has 1 N–H and O–H groups in total. The molecule has 2 aliphatic rings. The molecule has 1 saturated heterocycles. The summed E-state index contributed by atoms with van der Waals surface area (Å²) in [5.74, 6) is 0.224. The quantitative estimate of drug-likeness (QED) is 0.772. The summed E-state index contributed by atoms with van der Waals surface area (Å²) >= 11 is 0. The fourth-order valence-electron chi connectivity index (χ4n) is 2.52. The summed E-state index contributed by atoms with van der Waals surface area (Å²) in [5, 5.41) is 3.36. The average Bonchev–Trinajstić information content (AvgIpc) is 2.78. The Labute approximate surface area is 97.3 Å². The van der Waals surface area contributed by atoms with Gasteiger partial charge in [-0.1, -0.05) is 12.8 Å². The van der Waals surface area contributed by atoms with E-state index in [0.29, 0.717) is 19.2 Å². The molecule has 0 aromatic rings. The Morgan fingerprint density at radius 2 is 2.19 bits per heavy atom. The first-order valence-electron chi connectivity index (χ1n) is 6.38. The van der Waals surface area contributed by atoms with Crippen LogP contribution in [0, 0.1) is 0 Å². The van der Waals surface area contributed by atoms with Crippen molar-refractivity contribution >= 4 is 5.91 Å². The molecule has 4 heteroatoms. The molecule has 2 rings (SSSR count). The zero-order valence-corrected chi connectivity index (χ0v) is 10.1. The lowest BCUT2D eigenvalue weighted by atomic mass is 10.2. The minimum atomic E-state index is 0.184. The van der Waals surface area contributed by atoms with Crippen LogP contribution in [0.2, 0.25) is 0 Å². The molecule has 1 amide bonds. The monoisotopic (exact) mass is 226 g/mol. The summed E-state index contributed by atoms with van der Waals surface area (Å²) < 4.78 is 5.42. The van der Waals surface area contributed by atoms with Crippen LogP contribution >= 0.6 is 0 Å². The van der Waals surface area contributed by atoms with Crippen LogP contribution in [0.15, 0.2) is 0 Å². The molecule has 92 valence electrons. The zero-order chi connectivity index (χ0) is 11.4. The van der Waals surface area contributed by atoms with E-state index in [9.17, 15) is 4.79 Å². The van der Waals surface area contributed by atoms with Gasteiger partial charge in [0, 0.05) is 19.1 Å². The van der Waals surface area contributed by atoms with Gasteiger partial charge in [-0.3, -0.25) is 4.79 Å². The van der Waals surface area contributed by atoms with Crippen molar-refractivity contribution in [2.75, 3.05) is 26.2 Å². The third-order valence-electron chi connectivity index (χ3n) is 3.49. The van der Waals surface area contributed by atoms with Gasteiger partial charge < -0.3 is 15.0 Å². The van der Waals surface area contributed by atoms with Crippen molar-refractivity contribution in [2.45, 2.75) is 44.8 Å². The summed E-state index contributed by atoms with van der Waals surface area (Å²) in [5.41, 5.74) is 0. The highest BCUT2D eigenvalue weighted by Gasteiger charge is 2.22. The fraction of sp³-hybridized carbons (Fsp3) is 0.917. The Morgan fingerprint density at radius 1 is 1.44 bits per heavy atom. The van der Waals surface area contributed by atoms with Gasteiger partial charge in [0.25, 0.3) is 0 Å². The van der Waals surface area contributed by atoms with Gasteiger partial charge in [-0.05, 0) is 19.8 Å². The Balaban J connectivity index is 1.70. The van der Waals surface area contributed by atoms with Gasteiger partial charge >= 0.3 is 0 Å². The van der Waals surface area contributed by atoms with Gasteiger partial charge in [-0.25, -0.2) is 0 Å². The van der Waals surface area contributed by atoms with E-state index in [-0.39, 0.29) is 12.0 Å². The second kappa shape index (κ2) is 5.64. The zero-order valence-electron chi connectivity index (χ0n) is 10.1. The summed E-state index contributed by atoms with van der Waals surface area (Å²) in [6.07, 6.45) is 5.25. The molecule has 0 aromatic heterocycles. The predicted molar refractivity (Wildman–Crippen MR) is 62.3 cm³/mol.